The van der Waals surface area contributed by atoms with E-state index in [0.717, 1.165) is 28.0 Å². The molecule has 2 nitrogen and oxygen atoms in total. The fourth-order valence-corrected chi connectivity index (χ4v) is 6.13. The highest BCUT2D eigenvalue weighted by molar-refractivity contribution is 6.22. The molecule has 1 aromatic heterocycles. The Bertz CT molecular complexity index is 2640. The van der Waals surface area contributed by atoms with E-state index in [0.29, 0.717) is 34.4 Å². The van der Waals surface area contributed by atoms with Crippen molar-refractivity contribution in [2.24, 2.45) is 0 Å². The van der Waals surface area contributed by atoms with Crippen molar-refractivity contribution in [3.63, 3.8) is 0 Å². The summed E-state index contributed by atoms with van der Waals surface area (Å²) in [6.45, 7) is 2.01. The zero-order chi connectivity index (χ0) is 35.7. The maximum Gasteiger partial charge on any atom is 0.114 e. The molecule has 2 heteroatoms. The summed E-state index contributed by atoms with van der Waals surface area (Å²) in [4.78, 5) is 4.89. The molecule has 0 unspecified atom stereocenters. The first-order valence-corrected chi connectivity index (χ1v) is 14.3. The van der Waals surface area contributed by atoms with Gasteiger partial charge in [-0.3, -0.25) is 4.57 Å². The van der Waals surface area contributed by atoms with E-state index in [1.165, 1.54) is 0 Å². The Balaban J connectivity index is 1.63. The molecular formula is C41H30N2. The first kappa shape index (κ1) is 18.1. The van der Waals surface area contributed by atoms with Crippen LogP contribution in [0, 0.1) is 0 Å². The second-order valence-electron chi connectivity index (χ2n) is 10.4. The summed E-state index contributed by atoms with van der Waals surface area (Å²) in [5.41, 5.74) is 5.82. The van der Waals surface area contributed by atoms with E-state index in [1.54, 1.807) is 0 Å². The van der Waals surface area contributed by atoms with Gasteiger partial charge in [-0.15, -0.1) is 0 Å². The average Bonchev–Trinajstić information content (AvgIpc) is 3.55. The van der Waals surface area contributed by atoms with E-state index in [4.69, 9.17) is 10.5 Å². The molecule has 0 saturated carbocycles. The number of benzene rings is 7. The normalized spacial score (nSPS) is 14.1. The number of para-hydroxylation sites is 3. The molecule has 0 N–H and O–H groups in total. The van der Waals surface area contributed by atoms with E-state index < -0.39 is 24.2 Å². The molecule has 0 aliphatic carbocycles. The minimum Gasteiger partial charge on any atom is -0.296 e. The van der Waals surface area contributed by atoms with Crippen molar-refractivity contribution in [1.82, 2.24) is 9.55 Å². The third-order valence-electron chi connectivity index (χ3n) is 7.99. The Labute approximate surface area is 262 Å². The van der Waals surface area contributed by atoms with Crippen LogP contribution in [0.15, 0.2) is 151 Å². The van der Waals surface area contributed by atoms with Gasteiger partial charge in [0.2, 0.25) is 0 Å². The quantitative estimate of drug-likeness (QED) is 0.192. The lowest BCUT2D eigenvalue weighted by molar-refractivity contribution is 0.909. The molecule has 43 heavy (non-hydrogen) atoms. The number of hydrogen-bond donors (Lipinski definition) is 0. The van der Waals surface area contributed by atoms with Crippen molar-refractivity contribution in [3.8, 4) is 39.1 Å². The predicted octanol–water partition coefficient (Wildman–Crippen LogP) is 10.9. The molecule has 204 valence electrons. The Morgan fingerprint density at radius 3 is 1.88 bits per heavy atom. The second kappa shape index (κ2) is 10.4. The second-order valence-corrected chi connectivity index (χ2v) is 10.4. The van der Waals surface area contributed by atoms with Gasteiger partial charge in [0.05, 0.1) is 27.7 Å². The van der Waals surface area contributed by atoms with Gasteiger partial charge >= 0.3 is 0 Å². The van der Waals surface area contributed by atoms with Gasteiger partial charge in [-0.25, -0.2) is 4.98 Å². The van der Waals surface area contributed by atoms with Gasteiger partial charge < -0.3 is 0 Å². The zero-order valence-electron chi connectivity index (χ0n) is 31.4. The molecule has 8 aromatic rings. The van der Waals surface area contributed by atoms with Gasteiger partial charge in [-0.1, -0.05) is 134 Å². The van der Waals surface area contributed by atoms with Crippen molar-refractivity contribution in [1.29, 1.82) is 0 Å². The Kier molecular flexibility index (Phi) is 4.40. The van der Waals surface area contributed by atoms with Crippen LogP contribution in [0.1, 0.15) is 23.7 Å². The van der Waals surface area contributed by atoms with Crippen LogP contribution in [-0.4, -0.2) is 9.55 Å². The Hall–Kier alpha value is -5.47. The molecule has 0 atom stereocenters. The molecule has 1 heterocycles. The predicted molar refractivity (Wildman–Crippen MR) is 182 cm³/mol. The van der Waals surface area contributed by atoms with Gasteiger partial charge in [0.1, 0.15) is 5.82 Å². The van der Waals surface area contributed by atoms with Crippen molar-refractivity contribution in [2.75, 3.05) is 0 Å². The van der Waals surface area contributed by atoms with E-state index in [-0.39, 0.29) is 45.7 Å². The lowest BCUT2D eigenvalue weighted by Crippen LogP contribution is -2.03. The van der Waals surface area contributed by atoms with Crippen molar-refractivity contribution in [2.45, 2.75) is 13.3 Å². The third-order valence-corrected chi connectivity index (χ3v) is 7.99. The van der Waals surface area contributed by atoms with Gasteiger partial charge in [-0.2, -0.15) is 0 Å². The molecule has 0 aliphatic rings. The van der Waals surface area contributed by atoms with Gasteiger partial charge in [0, 0.05) is 12.0 Å². The standard InChI is InChI=1S/C41H30N2/c1-2-39-42-36-24-11-13-26-38(36)43(39)37-25-12-10-23-35(37)41-33-21-8-6-19-31(33)40(32-20-7-9-22-34(32)41)30-18-14-17-29(27-30)28-15-4-3-5-16-28/h3-27H,2H2,1H3/i6D,7D,8D,9D,19D,20D,21D,22D. The summed E-state index contributed by atoms with van der Waals surface area (Å²) in [7, 11) is 0. The van der Waals surface area contributed by atoms with Crippen LogP contribution in [0.2, 0.25) is 0 Å². The Morgan fingerprint density at radius 2 is 1.16 bits per heavy atom. The van der Waals surface area contributed by atoms with Gasteiger partial charge in [-0.05, 0) is 73.6 Å². The monoisotopic (exact) mass is 558 g/mol. The summed E-state index contributed by atoms with van der Waals surface area (Å²) >= 11 is 0. The Morgan fingerprint density at radius 1 is 0.581 bits per heavy atom. The van der Waals surface area contributed by atoms with E-state index in [9.17, 15) is 5.48 Å². The van der Waals surface area contributed by atoms with E-state index in [1.807, 2.05) is 115 Å². The van der Waals surface area contributed by atoms with Gasteiger partial charge in [0.25, 0.3) is 0 Å². The fourth-order valence-electron chi connectivity index (χ4n) is 6.13. The van der Waals surface area contributed by atoms with Crippen LogP contribution >= 0.6 is 0 Å². The summed E-state index contributed by atoms with van der Waals surface area (Å²) in [5, 5.41) is 0.710. The minimum atomic E-state index is -0.433. The maximum atomic E-state index is 9.40. The molecule has 0 aliphatic heterocycles. The summed E-state index contributed by atoms with van der Waals surface area (Å²) in [6, 6.07) is 29.6. The number of aromatic nitrogens is 2. The minimum absolute atomic E-state index is 0.175. The van der Waals surface area contributed by atoms with Crippen LogP contribution in [0.3, 0.4) is 0 Å². The molecule has 8 rings (SSSR count). The smallest absolute Gasteiger partial charge is 0.114 e. The number of nitrogens with zero attached hydrogens (tertiary/aromatic N) is 2. The van der Waals surface area contributed by atoms with Crippen LogP contribution < -0.4 is 0 Å². The van der Waals surface area contributed by atoms with Crippen LogP contribution in [0.4, 0.5) is 0 Å². The number of rotatable bonds is 5. The molecular weight excluding hydrogens is 520 g/mol. The topological polar surface area (TPSA) is 17.8 Å². The number of aryl methyl sites for hydroxylation is 1. The van der Waals surface area contributed by atoms with Crippen LogP contribution in [0.5, 0.6) is 0 Å². The summed E-state index contributed by atoms with van der Waals surface area (Å²) < 4.78 is 74.8. The third kappa shape index (κ3) is 4.14. The average molecular weight is 559 g/mol. The molecule has 7 aromatic carbocycles. The highest BCUT2D eigenvalue weighted by Crippen LogP contribution is 2.45. The molecule has 0 saturated heterocycles. The molecule has 0 spiro atoms. The maximum absolute atomic E-state index is 9.40. The van der Waals surface area contributed by atoms with E-state index >= 15 is 0 Å². The molecule has 0 radical (unpaired) electrons. The first-order valence-electron chi connectivity index (χ1n) is 18.3. The largest absolute Gasteiger partial charge is 0.296 e. The summed E-state index contributed by atoms with van der Waals surface area (Å²) in [5.74, 6) is 0.774. The van der Waals surface area contributed by atoms with Crippen molar-refractivity contribution >= 4 is 32.6 Å². The highest BCUT2D eigenvalue weighted by Gasteiger charge is 2.21. The zero-order valence-corrected chi connectivity index (χ0v) is 23.4. The lowest BCUT2D eigenvalue weighted by atomic mass is 9.85. The van der Waals surface area contributed by atoms with Crippen LogP contribution in [-0.2, 0) is 6.42 Å². The lowest BCUT2D eigenvalue weighted by Gasteiger charge is -2.21. The number of imidazole rings is 1. The first-order chi connectivity index (χ1) is 24.6. The van der Waals surface area contributed by atoms with Gasteiger partial charge in [0.15, 0.2) is 0 Å². The SMILES string of the molecule is [2H]c1c([2H])c([2H])c2c(-c3ccccc3-n3c(CC)nc4ccccc43)c3c([2H])c([2H])c([2H])c([2H])c3c(-c3cccc(-c4ccccc4)c3)c2c1[2H]. The van der Waals surface area contributed by atoms with Crippen molar-refractivity contribution < 1.29 is 11.0 Å². The number of hydrogen-bond acceptors (Lipinski definition) is 1. The fraction of sp³-hybridized carbons (Fsp3) is 0.0488. The summed E-state index contributed by atoms with van der Waals surface area (Å²) in [6.07, 6.45) is 0.598. The van der Waals surface area contributed by atoms with Crippen LogP contribution in [0.25, 0.3) is 71.6 Å². The highest BCUT2D eigenvalue weighted by atomic mass is 15.1. The van der Waals surface area contributed by atoms with Crippen molar-refractivity contribution in [3.05, 3.63) is 157 Å². The molecule has 0 amide bonds. The molecule has 0 bridgehead atoms. The number of fused-ring (bicyclic) bond motifs is 3. The van der Waals surface area contributed by atoms with E-state index in [2.05, 4.69) is 0 Å². The molecule has 0 fully saturated rings.